The summed E-state index contributed by atoms with van der Waals surface area (Å²) in [6.07, 6.45) is 2.05. The van der Waals surface area contributed by atoms with Crippen LogP contribution >= 0.6 is 7.14 Å². The molecule has 0 N–H and O–H groups in total. The minimum atomic E-state index is -2.74. The zero-order valence-corrected chi connectivity index (χ0v) is 13.2. The van der Waals surface area contributed by atoms with Gasteiger partial charge in [0.25, 0.3) is 0 Å². The molecule has 0 radical (unpaired) electrons. The second-order valence-corrected chi connectivity index (χ2v) is 8.68. The van der Waals surface area contributed by atoms with Gasteiger partial charge in [-0.05, 0) is 29.7 Å². The van der Waals surface area contributed by atoms with Crippen LogP contribution in [-0.2, 0) is 11.1 Å². The van der Waals surface area contributed by atoms with Crippen molar-refractivity contribution >= 4 is 23.2 Å². The Morgan fingerprint density at radius 2 is 1.77 bits per heavy atom. The number of pyridine rings is 1. The van der Waals surface area contributed by atoms with Crippen LogP contribution in [0.5, 0.6) is 0 Å². The molecule has 0 amide bonds. The largest absolute Gasteiger partial charge is 0.302 e. The van der Waals surface area contributed by atoms with Gasteiger partial charge in [-0.3, -0.25) is 0 Å². The molecule has 106 valence electrons. The highest BCUT2D eigenvalue weighted by atomic mass is 31.2. The standard InChI is InChI=1S/C19H15NOP/c1-13-9-10-15-14-6-2-3-7-17(14)22(21)18-8-4-5-11-20(18)12-16(13)19(15)22/h2-11H,12H2,1H3/q+1. The van der Waals surface area contributed by atoms with Crippen LogP contribution in [0.25, 0.3) is 11.1 Å². The second kappa shape index (κ2) is 3.97. The van der Waals surface area contributed by atoms with Crippen LogP contribution in [-0.4, -0.2) is 0 Å². The fourth-order valence-electron chi connectivity index (χ4n) is 3.91. The molecule has 0 aliphatic carbocycles. The zero-order chi connectivity index (χ0) is 14.9. The van der Waals surface area contributed by atoms with Crippen molar-refractivity contribution in [3.05, 3.63) is 71.9 Å². The molecule has 1 aromatic heterocycles. The van der Waals surface area contributed by atoms with Gasteiger partial charge < -0.3 is 4.57 Å². The van der Waals surface area contributed by atoms with Gasteiger partial charge in [-0.1, -0.05) is 36.4 Å². The highest BCUT2D eigenvalue weighted by molar-refractivity contribution is 7.86. The van der Waals surface area contributed by atoms with E-state index >= 15 is 0 Å². The summed E-state index contributed by atoms with van der Waals surface area (Å²) in [5.41, 5.74) is 5.72. The molecule has 2 nitrogen and oxygen atoms in total. The molecule has 5 rings (SSSR count). The molecule has 1 unspecified atom stereocenters. The second-order valence-electron chi connectivity index (χ2n) is 6.07. The van der Waals surface area contributed by atoms with Crippen molar-refractivity contribution in [2.75, 3.05) is 0 Å². The Morgan fingerprint density at radius 3 is 2.68 bits per heavy atom. The molecule has 3 aromatic rings. The zero-order valence-electron chi connectivity index (χ0n) is 12.3. The predicted octanol–water partition coefficient (Wildman–Crippen LogP) is 2.26. The lowest BCUT2D eigenvalue weighted by molar-refractivity contribution is -0.671. The van der Waals surface area contributed by atoms with Gasteiger partial charge in [0, 0.05) is 28.3 Å². The third-order valence-corrected chi connectivity index (χ3v) is 8.19. The molecule has 3 heteroatoms. The Hall–Kier alpha value is -2.18. The highest BCUT2D eigenvalue weighted by Crippen LogP contribution is 2.53. The van der Waals surface area contributed by atoms with Crippen molar-refractivity contribution in [3.8, 4) is 11.1 Å². The van der Waals surface area contributed by atoms with E-state index in [0.717, 1.165) is 33.7 Å². The van der Waals surface area contributed by atoms with Crippen LogP contribution in [0.2, 0.25) is 0 Å². The summed E-state index contributed by atoms with van der Waals surface area (Å²) >= 11 is 0. The molecule has 1 atom stereocenters. The number of nitrogens with zero attached hydrogens (tertiary/aromatic N) is 1. The van der Waals surface area contributed by atoms with Crippen molar-refractivity contribution in [1.29, 1.82) is 0 Å². The van der Waals surface area contributed by atoms with E-state index < -0.39 is 7.14 Å². The number of hydrogen-bond donors (Lipinski definition) is 0. The van der Waals surface area contributed by atoms with Crippen LogP contribution in [0.4, 0.5) is 0 Å². The maximum Gasteiger partial charge on any atom is 0.248 e. The summed E-state index contributed by atoms with van der Waals surface area (Å²) in [4.78, 5) is 0. The summed E-state index contributed by atoms with van der Waals surface area (Å²) in [6.45, 7) is 2.93. The van der Waals surface area contributed by atoms with Gasteiger partial charge in [-0.25, -0.2) is 0 Å². The van der Waals surface area contributed by atoms with E-state index in [1.54, 1.807) is 0 Å². The SMILES string of the molecule is Cc1ccc2c3c1C[n+]1ccccc1P3(=O)c1ccccc1-2. The number of fused-ring (bicyclic) bond motifs is 5. The summed E-state index contributed by atoms with van der Waals surface area (Å²) in [5.74, 6) is 0. The summed E-state index contributed by atoms with van der Waals surface area (Å²) in [7, 11) is -2.74. The molecule has 2 aromatic carbocycles. The molecule has 0 saturated heterocycles. The maximum atomic E-state index is 14.3. The van der Waals surface area contributed by atoms with E-state index in [1.807, 2.05) is 42.6 Å². The van der Waals surface area contributed by atoms with Crippen LogP contribution in [0, 0.1) is 6.92 Å². The minimum Gasteiger partial charge on any atom is -0.302 e. The van der Waals surface area contributed by atoms with E-state index in [2.05, 4.69) is 29.7 Å². The third kappa shape index (κ3) is 1.28. The van der Waals surface area contributed by atoms with E-state index in [1.165, 1.54) is 11.1 Å². The lowest BCUT2D eigenvalue weighted by Gasteiger charge is -2.22. The van der Waals surface area contributed by atoms with Gasteiger partial charge in [-0.2, -0.15) is 4.57 Å². The van der Waals surface area contributed by atoms with E-state index in [9.17, 15) is 4.57 Å². The number of hydrogen-bond acceptors (Lipinski definition) is 1. The molecule has 22 heavy (non-hydrogen) atoms. The monoisotopic (exact) mass is 304 g/mol. The van der Waals surface area contributed by atoms with Gasteiger partial charge in [0.15, 0.2) is 12.7 Å². The number of aromatic nitrogens is 1. The topological polar surface area (TPSA) is 20.9 Å². The molecule has 0 fully saturated rings. The quantitative estimate of drug-likeness (QED) is 0.317. The summed E-state index contributed by atoms with van der Waals surface area (Å²) in [6, 6.07) is 18.5. The lowest BCUT2D eigenvalue weighted by atomic mass is 9.99. The number of aryl methyl sites for hydroxylation is 1. The Kier molecular flexibility index (Phi) is 2.23. The highest BCUT2D eigenvalue weighted by Gasteiger charge is 2.50. The van der Waals surface area contributed by atoms with Crippen LogP contribution < -0.4 is 20.6 Å². The average molecular weight is 304 g/mol. The molecule has 3 heterocycles. The van der Waals surface area contributed by atoms with Gasteiger partial charge >= 0.3 is 0 Å². The summed E-state index contributed by atoms with van der Waals surface area (Å²) < 4.78 is 16.4. The van der Waals surface area contributed by atoms with Gasteiger partial charge in [0.2, 0.25) is 12.6 Å². The van der Waals surface area contributed by atoms with E-state index in [0.29, 0.717) is 0 Å². The van der Waals surface area contributed by atoms with Crippen molar-refractivity contribution < 1.29 is 9.13 Å². The van der Waals surface area contributed by atoms with E-state index in [4.69, 9.17) is 0 Å². The van der Waals surface area contributed by atoms with Gasteiger partial charge in [0.1, 0.15) is 0 Å². The first-order valence-electron chi connectivity index (χ1n) is 7.53. The molecular weight excluding hydrogens is 289 g/mol. The van der Waals surface area contributed by atoms with Gasteiger partial charge in [0.05, 0.1) is 0 Å². The van der Waals surface area contributed by atoms with E-state index in [-0.39, 0.29) is 0 Å². The first kappa shape index (κ1) is 12.4. The molecule has 0 bridgehead atoms. The summed E-state index contributed by atoms with van der Waals surface area (Å²) in [5, 5.41) is 2.08. The number of rotatable bonds is 0. The average Bonchev–Trinajstić information content (AvgIpc) is 2.82. The normalized spacial score (nSPS) is 20.2. The molecule has 0 saturated carbocycles. The fourth-order valence-corrected chi connectivity index (χ4v) is 7.41. The molecular formula is C19H15NOP+. The molecule has 2 aliphatic rings. The maximum absolute atomic E-state index is 14.3. The number of benzene rings is 2. The minimum absolute atomic E-state index is 0.809. The first-order valence-corrected chi connectivity index (χ1v) is 9.24. The van der Waals surface area contributed by atoms with Crippen LogP contribution in [0.1, 0.15) is 11.1 Å². The van der Waals surface area contributed by atoms with Crippen LogP contribution in [0.15, 0.2) is 60.8 Å². The lowest BCUT2D eigenvalue weighted by Crippen LogP contribution is -2.55. The van der Waals surface area contributed by atoms with Crippen LogP contribution in [0.3, 0.4) is 0 Å². The van der Waals surface area contributed by atoms with Crippen molar-refractivity contribution in [3.63, 3.8) is 0 Å². The van der Waals surface area contributed by atoms with Gasteiger partial charge in [-0.15, -0.1) is 0 Å². The Labute approximate surface area is 129 Å². The van der Waals surface area contributed by atoms with Crippen molar-refractivity contribution in [2.45, 2.75) is 13.5 Å². The molecule has 0 spiro atoms. The predicted molar refractivity (Wildman–Crippen MR) is 88.9 cm³/mol. The first-order chi connectivity index (χ1) is 10.7. The molecule has 2 aliphatic heterocycles. The fraction of sp³-hybridized carbons (Fsp3) is 0.105. The Morgan fingerprint density at radius 1 is 0.955 bits per heavy atom. The van der Waals surface area contributed by atoms with Crippen molar-refractivity contribution in [1.82, 2.24) is 0 Å². The van der Waals surface area contributed by atoms with Crippen molar-refractivity contribution in [2.24, 2.45) is 0 Å². The third-order valence-electron chi connectivity index (χ3n) is 4.93. The Bertz CT molecular complexity index is 1010. The smallest absolute Gasteiger partial charge is 0.248 e. The Balaban J connectivity index is 2.03.